The van der Waals surface area contributed by atoms with Crippen LogP contribution in [0.4, 0.5) is 0 Å². The van der Waals surface area contributed by atoms with Crippen molar-refractivity contribution >= 4 is 10.8 Å². The molecule has 0 aromatic heterocycles. The first-order chi connectivity index (χ1) is 18.6. The fraction of sp³-hybridized carbons (Fsp3) is 0.105. The number of aryl methyl sites for hydroxylation is 1. The minimum Gasteiger partial charge on any atom is -0.0622 e. The SMILES string of the molecule is Cc1ccc(C(C)C)c2c(-c3ccccc3)c(-c3ccccc3)c(-c3ccccc3)c(-c3ccccc3)c12. The highest BCUT2D eigenvalue weighted by atomic mass is 14.3. The minimum atomic E-state index is 0.385. The monoisotopic (exact) mass is 488 g/mol. The molecular formula is C38H32. The van der Waals surface area contributed by atoms with Gasteiger partial charge < -0.3 is 0 Å². The molecule has 0 aliphatic carbocycles. The van der Waals surface area contributed by atoms with Crippen molar-refractivity contribution in [1.29, 1.82) is 0 Å². The molecule has 184 valence electrons. The maximum absolute atomic E-state index is 2.35. The van der Waals surface area contributed by atoms with Crippen LogP contribution in [0.1, 0.15) is 30.9 Å². The first kappa shape index (κ1) is 23.9. The molecule has 0 saturated heterocycles. The molecule has 0 aliphatic rings. The van der Waals surface area contributed by atoms with E-state index < -0.39 is 0 Å². The summed E-state index contributed by atoms with van der Waals surface area (Å²) >= 11 is 0. The lowest BCUT2D eigenvalue weighted by molar-refractivity contribution is 0.876. The Morgan fingerprint density at radius 1 is 0.368 bits per heavy atom. The van der Waals surface area contributed by atoms with E-state index in [9.17, 15) is 0 Å². The van der Waals surface area contributed by atoms with Crippen LogP contribution in [0.15, 0.2) is 133 Å². The highest BCUT2D eigenvalue weighted by Crippen LogP contribution is 2.52. The smallest absolute Gasteiger partial charge is 0.00140 e. The topological polar surface area (TPSA) is 0 Å². The first-order valence-electron chi connectivity index (χ1n) is 13.5. The molecule has 0 fully saturated rings. The van der Waals surface area contributed by atoms with E-state index >= 15 is 0 Å². The van der Waals surface area contributed by atoms with Crippen molar-refractivity contribution in [3.05, 3.63) is 145 Å². The van der Waals surface area contributed by atoms with Crippen LogP contribution in [-0.2, 0) is 0 Å². The second-order valence-electron chi connectivity index (χ2n) is 10.3. The summed E-state index contributed by atoms with van der Waals surface area (Å²) < 4.78 is 0. The Hall–Kier alpha value is -4.42. The van der Waals surface area contributed by atoms with Crippen molar-refractivity contribution in [2.45, 2.75) is 26.7 Å². The molecule has 0 bridgehead atoms. The fourth-order valence-corrected chi connectivity index (χ4v) is 5.87. The zero-order chi connectivity index (χ0) is 26.1. The van der Waals surface area contributed by atoms with Gasteiger partial charge in [0.1, 0.15) is 0 Å². The maximum atomic E-state index is 2.35. The van der Waals surface area contributed by atoms with Gasteiger partial charge in [-0.2, -0.15) is 0 Å². The second-order valence-corrected chi connectivity index (χ2v) is 10.3. The first-order valence-corrected chi connectivity index (χ1v) is 13.5. The van der Waals surface area contributed by atoms with Crippen molar-refractivity contribution < 1.29 is 0 Å². The van der Waals surface area contributed by atoms with E-state index in [2.05, 4.69) is 154 Å². The zero-order valence-corrected chi connectivity index (χ0v) is 22.3. The third-order valence-corrected chi connectivity index (χ3v) is 7.57. The van der Waals surface area contributed by atoms with Crippen molar-refractivity contribution in [2.75, 3.05) is 0 Å². The molecule has 0 heteroatoms. The van der Waals surface area contributed by atoms with Crippen LogP contribution in [0.5, 0.6) is 0 Å². The van der Waals surface area contributed by atoms with Gasteiger partial charge in [0.15, 0.2) is 0 Å². The Morgan fingerprint density at radius 2 is 0.711 bits per heavy atom. The van der Waals surface area contributed by atoms with E-state index in [0.29, 0.717) is 5.92 Å². The van der Waals surface area contributed by atoms with Gasteiger partial charge in [-0.15, -0.1) is 0 Å². The van der Waals surface area contributed by atoms with Crippen LogP contribution in [-0.4, -0.2) is 0 Å². The van der Waals surface area contributed by atoms with Gasteiger partial charge in [-0.3, -0.25) is 0 Å². The predicted octanol–water partition coefficient (Wildman–Crippen LogP) is 10.9. The van der Waals surface area contributed by atoms with Gasteiger partial charge in [0.05, 0.1) is 0 Å². The van der Waals surface area contributed by atoms with Crippen LogP contribution < -0.4 is 0 Å². The summed E-state index contributed by atoms with van der Waals surface area (Å²) in [5.41, 5.74) is 12.9. The molecular weight excluding hydrogens is 456 g/mol. The van der Waals surface area contributed by atoms with Gasteiger partial charge in [0, 0.05) is 0 Å². The molecule has 38 heavy (non-hydrogen) atoms. The van der Waals surface area contributed by atoms with E-state index in [0.717, 1.165) is 0 Å². The van der Waals surface area contributed by atoms with E-state index in [1.165, 1.54) is 66.4 Å². The highest BCUT2D eigenvalue weighted by molar-refractivity contribution is 6.20. The molecule has 0 amide bonds. The molecule has 0 unspecified atom stereocenters. The van der Waals surface area contributed by atoms with Crippen LogP contribution >= 0.6 is 0 Å². The Kier molecular flexibility index (Phi) is 6.40. The summed E-state index contributed by atoms with van der Waals surface area (Å²) in [6, 6.07) is 48.5. The number of rotatable bonds is 5. The van der Waals surface area contributed by atoms with Crippen molar-refractivity contribution in [2.24, 2.45) is 0 Å². The maximum Gasteiger partial charge on any atom is -0.00140 e. The average molecular weight is 489 g/mol. The summed E-state index contributed by atoms with van der Waals surface area (Å²) in [6.45, 7) is 6.90. The van der Waals surface area contributed by atoms with Crippen LogP contribution in [0, 0.1) is 6.92 Å². The lowest BCUT2D eigenvalue weighted by Crippen LogP contribution is -2.02. The molecule has 0 aliphatic heterocycles. The summed E-state index contributed by atoms with van der Waals surface area (Å²) in [6.07, 6.45) is 0. The molecule has 0 heterocycles. The van der Waals surface area contributed by atoms with Gasteiger partial charge in [-0.05, 0) is 79.2 Å². The van der Waals surface area contributed by atoms with Gasteiger partial charge in [0.25, 0.3) is 0 Å². The number of benzene rings is 6. The standard InChI is InChI=1S/C38H32/c1-26(2)32-25-24-27(3)33-34(28-16-8-4-9-17-28)35(29-18-10-5-11-19-29)36(30-20-12-6-13-21-30)37(38(32)33)31-22-14-7-15-23-31/h4-26H,1-3H3. The summed E-state index contributed by atoms with van der Waals surface area (Å²) in [7, 11) is 0. The van der Waals surface area contributed by atoms with Crippen molar-refractivity contribution in [3.8, 4) is 44.5 Å². The van der Waals surface area contributed by atoms with Crippen molar-refractivity contribution in [1.82, 2.24) is 0 Å². The quantitative estimate of drug-likeness (QED) is 0.226. The van der Waals surface area contributed by atoms with Crippen LogP contribution in [0.3, 0.4) is 0 Å². The molecule has 0 N–H and O–H groups in total. The second kappa shape index (κ2) is 10.1. The third-order valence-electron chi connectivity index (χ3n) is 7.57. The summed E-state index contributed by atoms with van der Waals surface area (Å²) in [5, 5.41) is 2.71. The van der Waals surface area contributed by atoms with Crippen molar-refractivity contribution in [3.63, 3.8) is 0 Å². The lowest BCUT2D eigenvalue weighted by Gasteiger charge is -2.27. The molecule has 6 rings (SSSR count). The summed E-state index contributed by atoms with van der Waals surface area (Å²) in [5.74, 6) is 0.385. The van der Waals surface area contributed by atoms with E-state index in [1.54, 1.807) is 0 Å². The number of fused-ring (bicyclic) bond motifs is 1. The molecule has 0 spiro atoms. The Labute approximate surface area is 226 Å². The molecule has 0 nitrogen and oxygen atoms in total. The highest BCUT2D eigenvalue weighted by Gasteiger charge is 2.26. The molecule has 6 aromatic rings. The summed E-state index contributed by atoms with van der Waals surface area (Å²) in [4.78, 5) is 0. The zero-order valence-electron chi connectivity index (χ0n) is 22.3. The fourth-order valence-electron chi connectivity index (χ4n) is 5.87. The lowest BCUT2D eigenvalue weighted by atomic mass is 9.76. The Balaban J connectivity index is 1.98. The minimum absolute atomic E-state index is 0.385. The molecule has 0 saturated carbocycles. The van der Waals surface area contributed by atoms with E-state index in [-0.39, 0.29) is 0 Å². The molecule has 6 aromatic carbocycles. The molecule has 0 atom stereocenters. The Morgan fingerprint density at radius 3 is 1.08 bits per heavy atom. The van der Waals surface area contributed by atoms with Gasteiger partial charge >= 0.3 is 0 Å². The van der Waals surface area contributed by atoms with E-state index in [4.69, 9.17) is 0 Å². The van der Waals surface area contributed by atoms with Gasteiger partial charge in [-0.25, -0.2) is 0 Å². The predicted molar refractivity (Wildman–Crippen MR) is 165 cm³/mol. The van der Waals surface area contributed by atoms with Gasteiger partial charge in [-0.1, -0.05) is 147 Å². The van der Waals surface area contributed by atoms with Gasteiger partial charge in [0.2, 0.25) is 0 Å². The normalized spacial score (nSPS) is 11.3. The largest absolute Gasteiger partial charge is 0.0622 e. The number of hydrogen-bond acceptors (Lipinski definition) is 0. The number of hydrogen-bond donors (Lipinski definition) is 0. The van der Waals surface area contributed by atoms with Crippen LogP contribution in [0.25, 0.3) is 55.3 Å². The molecule has 0 radical (unpaired) electrons. The van der Waals surface area contributed by atoms with E-state index in [1.807, 2.05) is 0 Å². The average Bonchev–Trinajstić information content (AvgIpc) is 2.98. The van der Waals surface area contributed by atoms with Crippen LogP contribution in [0.2, 0.25) is 0 Å². The third kappa shape index (κ3) is 4.13. The Bertz CT molecular complexity index is 1700.